The number of hydrogen-bond acceptors (Lipinski definition) is 5. The van der Waals surface area contributed by atoms with E-state index in [1.807, 2.05) is 0 Å². The highest BCUT2D eigenvalue weighted by Crippen LogP contribution is 2.37. The molecule has 1 aliphatic carbocycles. The lowest BCUT2D eigenvalue weighted by Crippen LogP contribution is -2.30. The Morgan fingerprint density at radius 2 is 1.89 bits per heavy atom. The first-order valence-electron chi connectivity index (χ1n) is 9.05. The summed E-state index contributed by atoms with van der Waals surface area (Å²) in [6, 6.07) is 11.0. The highest BCUT2D eigenvalue weighted by atomic mass is 32.2. The number of carbonyl (C=O) groups excluding carboxylic acids is 2. The second-order valence-corrected chi connectivity index (χ2v) is 8.63. The maximum Gasteiger partial charge on any atom is 0.339 e. The molecule has 1 N–H and O–H groups in total. The molecule has 1 heterocycles. The monoisotopic (exact) mass is 400 g/mol. The van der Waals surface area contributed by atoms with Gasteiger partial charge in [-0.3, -0.25) is 9.52 Å². The maximum absolute atomic E-state index is 12.9. The summed E-state index contributed by atoms with van der Waals surface area (Å²) in [5.41, 5.74) is 1.90. The first-order chi connectivity index (χ1) is 13.4. The van der Waals surface area contributed by atoms with E-state index in [1.165, 1.54) is 25.3 Å². The van der Waals surface area contributed by atoms with Crippen LogP contribution in [0.25, 0.3) is 0 Å². The lowest BCUT2D eigenvalue weighted by molar-refractivity contribution is -0.119. The van der Waals surface area contributed by atoms with Crippen molar-refractivity contribution < 1.29 is 22.7 Å². The molecule has 1 fully saturated rings. The molecular weight excluding hydrogens is 380 g/mol. The fraction of sp³-hybridized carbons (Fsp3) is 0.300. The van der Waals surface area contributed by atoms with E-state index < -0.39 is 16.0 Å². The van der Waals surface area contributed by atoms with Gasteiger partial charge in [0.25, 0.3) is 10.0 Å². The van der Waals surface area contributed by atoms with E-state index in [0.717, 1.165) is 24.1 Å². The molecule has 2 aliphatic rings. The first kappa shape index (κ1) is 18.5. The number of ether oxygens (including phenoxy) is 1. The molecule has 146 valence electrons. The Kier molecular flexibility index (Phi) is 4.58. The molecule has 0 saturated heterocycles. The number of hydrogen-bond donors (Lipinski definition) is 1. The largest absolute Gasteiger partial charge is 0.465 e. The third-order valence-electron chi connectivity index (χ3n) is 5.03. The molecule has 7 nitrogen and oxygen atoms in total. The minimum Gasteiger partial charge on any atom is -0.465 e. The number of methoxy groups -OCH3 is 1. The summed E-state index contributed by atoms with van der Waals surface area (Å²) in [5, 5.41) is 0. The Morgan fingerprint density at radius 3 is 2.61 bits per heavy atom. The van der Waals surface area contributed by atoms with Gasteiger partial charge >= 0.3 is 5.97 Å². The summed E-state index contributed by atoms with van der Waals surface area (Å²) in [6.45, 7) is 0.576. The van der Waals surface area contributed by atoms with Crippen molar-refractivity contribution in [3.05, 3.63) is 53.6 Å². The Labute approximate surface area is 163 Å². The second kappa shape index (κ2) is 6.94. The predicted molar refractivity (Wildman–Crippen MR) is 104 cm³/mol. The quantitative estimate of drug-likeness (QED) is 0.779. The van der Waals surface area contributed by atoms with Crippen molar-refractivity contribution in [3.8, 4) is 0 Å². The van der Waals surface area contributed by atoms with Crippen molar-refractivity contribution in [2.24, 2.45) is 5.92 Å². The number of rotatable bonds is 5. The van der Waals surface area contributed by atoms with Crippen LogP contribution in [0.4, 0.5) is 11.4 Å². The van der Waals surface area contributed by atoms with Gasteiger partial charge in [0.2, 0.25) is 5.91 Å². The summed E-state index contributed by atoms with van der Waals surface area (Å²) in [6.07, 6.45) is 2.48. The molecule has 0 unspecified atom stereocenters. The van der Waals surface area contributed by atoms with Crippen LogP contribution >= 0.6 is 0 Å². The SMILES string of the molecule is COC(=O)c1ccccc1NS(=O)(=O)c1ccc2c(c1)CCN2C(=O)C1CC1. The van der Waals surface area contributed by atoms with Gasteiger partial charge in [0.05, 0.1) is 23.3 Å². The standard InChI is InChI=1S/C20H20N2O5S/c1-27-20(24)16-4-2-3-5-17(16)21-28(25,26)15-8-9-18-14(12-15)10-11-22(18)19(23)13-6-7-13/h2-5,8-9,12-13,21H,6-7,10-11H2,1H3. The number of amides is 1. The third kappa shape index (κ3) is 3.35. The average Bonchev–Trinajstić information content (AvgIpc) is 3.46. The van der Waals surface area contributed by atoms with E-state index in [4.69, 9.17) is 4.74 Å². The molecular formula is C20H20N2O5S. The lowest BCUT2D eigenvalue weighted by atomic mass is 10.2. The summed E-state index contributed by atoms with van der Waals surface area (Å²) in [5.74, 6) is -0.383. The summed E-state index contributed by atoms with van der Waals surface area (Å²) >= 11 is 0. The van der Waals surface area contributed by atoms with Crippen LogP contribution < -0.4 is 9.62 Å². The summed E-state index contributed by atoms with van der Waals surface area (Å²) < 4.78 is 32.9. The van der Waals surface area contributed by atoms with Crippen LogP contribution in [0.15, 0.2) is 47.4 Å². The maximum atomic E-state index is 12.9. The molecule has 4 rings (SSSR count). The van der Waals surface area contributed by atoms with Crippen LogP contribution in [-0.4, -0.2) is 33.9 Å². The van der Waals surface area contributed by atoms with Crippen molar-refractivity contribution in [1.82, 2.24) is 0 Å². The van der Waals surface area contributed by atoms with Crippen LogP contribution in [-0.2, 0) is 26.0 Å². The number of para-hydroxylation sites is 1. The van der Waals surface area contributed by atoms with Gasteiger partial charge in [0.1, 0.15) is 0 Å². The Balaban J connectivity index is 1.61. The molecule has 2 aromatic rings. The molecule has 1 aliphatic heterocycles. The van der Waals surface area contributed by atoms with Crippen LogP contribution in [0, 0.1) is 5.92 Å². The fourth-order valence-electron chi connectivity index (χ4n) is 3.39. The highest BCUT2D eigenvalue weighted by molar-refractivity contribution is 7.92. The molecule has 2 aromatic carbocycles. The number of nitrogens with zero attached hydrogens (tertiary/aromatic N) is 1. The van der Waals surface area contributed by atoms with Gasteiger partial charge in [-0.05, 0) is 55.2 Å². The van der Waals surface area contributed by atoms with Crippen LogP contribution in [0.3, 0.4) is 0 Å². The van der Waals surface area contributed by atoms with Gasteiger partial charge in [0.15, 0.2) is 0 Å². The van der Waals surface area contributed by atoms with Crippen LogP contribution in [0.2, 0.25) is 0 Å². The predicted octanol–water partition coefficient (Wildman–Crippen LogP) is 2.57. The van der Waals surface area contributed by atoms with Crippen molar-refractivity contribution in [2.45, 2.75) is 24.2 Å². The Hall–Kier alpha value is -2.87. The smallest absolute Gasteiger partial charge is 0.339 e. The van der Waals surface area contributed by atoms with Gasteiger partial charge < -0.3 is 9.64 Å². The number of esters is 1. The molecule has 1 saturated carbocycles. The normalized spacial score (nSPS) is 15.8. The van der Waals surface area contributed by atoms with Gasteiger partial charge in [-0.1, -0.05) is 12.1 Å². The second-order valence-electron chi connectivity index (χ2n) is 6.95. The van der Waals surface area contributed by atoms with Gasteiger partial charge in [-0.2, -0.15) is 0 Å². The van der Waals surface area contributed by atoms with E-state index in [-0.39, 0.29) is 28.0 Å². The van der Waals surface area contributed by atoms with Crippen molar-refractivity contribution >= 4 is 33.3 Å². The van der Waals surface area contributed by atoms with Crippen molar-refractivity contribution in [3.63, 3.8) is 0 Å². The minimum absolute atomic E-state index is 0.0895. The first-order valence-corrected chi connectivity index (χ1v) is 10.5. The molecule has 0 radical (unpaired) electrons. The molecule has 0 bridgehead atoms. The lowest BCUT2D eigenvalue weighted by Gasteiger charge is -2.17. The Bertz CT molecular complexity index is 1060. The van der Waals surface area contributed by atoms with E-state index in [1.54, 1.807) is 29.2 Å². The highest BCUT2D eigenvalue weighted by Gasteiger charge is 2.36. The van der Waals surface area contributed by atoms with Crippen molar-refractivity contribution in [1.29, 1.82) is 0 Å². The van der Waals surface area contributed by atoms with Gasteiger partial charge in [-0.25, -0.2) is 13.2 Å². The number of carbonyl (C=O) groups is 2. The third-order valence-corrected chi connectivity index (χ3v) is 6.39. The fourth-order valence-corrected chi connectivity index (χ4v) is 4.52. The van der Waals surface area contributed by atoms with E-state index >= 15 is 0 Å². The topological polar surface area (TPSA) is 92.8 Å². The van der Waals surface area contributed by atoms with Gasteiger partial charge in [0, 0.05) is 18.2 Å². The zero-order chi connectivity index (χ0) is 19.9. The number of benzene rings is 2. The molecule has 1 amide bonds. The van der Waals surface area contributed by atoms with E-state index in [0.29, 0.717) is 13.0 Å². The number of sulfonamides is 1. The number of nitrogens with one attached hydrogen (secondary N) is 1. The molecule has 0 spiro atoms. The molecule has 28 heavy (non-hydrogen) atoms. The molecule has 0 aromatic heterocycles. The van der Waals surface area contributed by atoms with Crippen LogP contribution in [0.1, 0.15) is 28.8 Å². The van der Waals surface area contributed by atoms with Crippen molar-refractivity contribution in [2.75, 3.05) is 23.3 Å². The minimum atomic E-state index is -3.90. The summed E-state index contributed by atoms with van der Waals surface area (Å²) in [4.78, 5) is 26.1. The zero-order valence-corrected chi connectivity index (χ0v) is 16.2. The van der Waals surface area contributed by atoms with Crippen LogP contribution in [0.5, 0.6) is 0 Å². The van der Waals surface area contributed by atoms with E-state index in [2.05, 4.69) is 4.72 Å². The number of fused-ring (bicyclic) bond motifs is 1. The number of anilines is 2. The summed E-state index contributed by atoms with van der Waals surface area (Å²) in [7, 11) is -2.66. The molecule has 8 heteroatoms. The molecule has 0 atom stereocenters. The van der Waals surface area contributed by atoms with Gasteiger partial charge in [-0.15, -0.1) is 0 Å². The average molecular weight is 400 g/mol. The van der Waals surface area contributed by atoms with E-state index in [9.17, 15) is 18.0 Å². The zero-order valence-electron chi connectivity index (χ0n) is 15.3. The Morgan fingerprint density at radius 1 is 1.14 bits per heavy atom.